The number of hydrogen-bond donors (Lipinski definition) is 1. The molecule has 0 aliphatic carbocycles. The molecule has 5 rings (SSSR count). The van der Waals surface area contributed by atoms with Crippen LogP contribution in [0.1, 0.15) is 22.8 Å². The number of carbonyl (C=O) groups excluding carboxylic acids is 3. The second kappa shape index (κ2) is 10.6. The fraction of sp³-hybridized carbons (Fsp3) is 0.179. The van der Waals surface area contributed by atoms with Crippen LogP contribution in [0.4, 0.5) is 0 Å². The van der Waals surface area contributed by atoms with Gasteiger partial charge in [0.05, 0.1) is 11.5 Å². The van der Waals surface area contributed by atoms with E-state index in [2.05, 4.69) is 5.32 Å². The van der Waals surface area contributed by atoms with E-state index in [0.29, 0.717) is 5.75 Å². The molecule has 2 atom stereocenters. The van der Waals surface area contributed by atoms with Crippen LogP contribution in [0, 0.1) is 0 Å². The molecular weight excluding hydrogens is 496 g/mol. The van der Waals surface area contributed by atoms with Crippen molar-refractivity contribution in [2.24, 2.45) is 0 Å². The Morgan fingerprint density at radius 2 is 1.50 bits per heavy atom. The van der Waals surface area contributed by atoms with Gasteiger partial charge in [-0.05, 0) is 16.7 Å². The Morgan fingerprint density at radius 3 is 2.08 bits per heavy atom. The monoisotopic (exact) mass is 518 g/mol. The largest absolute Gasteiger partial charge is 0.448 e. The van der Waals surface area contributed by atoms with Gasteiger partial charge in [-0.2, -0.15) is 0 Å². The van der Waals surface area contributed by atoms with Gasteiger partial charge in [-0.25, -0.2) is 4.79 Å². The van der Waals surface area contributed by atoms with Crippen LogP contribution in [0.3, 0.4) is 0 Å². The second-order valence-electron chi connectivity index (χ2n) is 8.48. The molecule has 3 aromatic carbocycles. The summed E-state index contributed by atoms with van der Waals surface area (Å²) in [4.78, 5) is 40.4. The summed E-state index contributed by atoms with van der Waals surface area (Å²) in [5.41, 5.74) is 2.50. The van der Waals surface area contributed by atoms with Crippen molar-refractivity contribution < 1.29 is 19.1 Å². The smallest absolute Gasteiger partial charge is 0.357 e. The number of thioether (sulfide) groups is 1. The van der Waals surface area contributed by atoms with Crippen LogP contribution >= 0.6 is 23.4 Å². The van der Waals surface area contributed by atoms with Crippen LogP contribution in [0.25, 0.3) is 0 Å². The molecule has 1 saturated heterocycles. The van der Waals surface area contributed by atoms with Gasteiger partial charge in [-0.3, -0.25) is 14.5 Å². The summed E-state index contributed by atoms with van der Waals surface area (Å²) < 4.78 is 5.96. The van der Waals surface area contributed by atoms with Crippen LogP contribution < -0.4 is 5.32 Å². The first kappa shape index (κ1) is 24.2. The number of nitrogens with one attached hydrogen (secondary N) is 1. The van der Waals surface area contributed by atoms with Crippen LogP contribution in [-0.4, -0.2) is 39.9 Å². The maximum absolute atomic E-state index is 13.4. The van der Waals surface area contributed by atoms with E-state index in [1.807, 2.05) is 91.0 Å². The van der Waals surface area contributed by atoms with Crippen molar-refractivity contribution >= 4 is 41.1 Å². The quantitative estimate of drug-likeness (QED) is 0.370. The lowest BCUT2D eigenvalue weighted by molar-refractivity contribution is -0.154. The summed E-state index contributed by atoms with van der Waals surface area (Å²) in [6.07, 6.45) is -0.494. The van der Waals surface area contributed by atoms with Gasteiger partial charge in [0, 0.05) is 5.75 Å². The summed E-state index contributed by atoms with van der Waals surface area (Å²) in [6.45, 7) is 0. The fourth-order valence-corrected chi connectivity index (χ4v) is 5.87. The van der Waals surface area contributed by atoms with Gasteiger partial charge in [0.25, 0.3) is 5.91 Å². The summed E-state index contributed by atoms with van der Waals surface area (Å²) in [5.74, 6) is -0.967. The van der Waals surface area contributed by atoms with E-state index in [9.17, 15) is 14.4 Å². The first-order chi connectivity index (χ1) is 17.5. The standard InChI is InChI=1S/C28H23ClN2O4S/c29-21-17-36-27-23(30-22(32)16-18-10-4-1-5-11-18)26(33)31(27)24(21)28(34)35-25(19-12-6-2-7-13-19)20-14-8-3-9-15-20/h1-15,23,25,27H,16-17H2,(H,30,32)/t23-,27+/m1/s1. The van der Waals surface area contributed by atoms with Gasteiger partial charge in [0.2, 0.25) is 5.91 Å². The van der Waals surface area contributed by atoms with E-state index in [0.717, 1.165) is 16.7 Å². The van der Waals surface area contributed by atoms with Gasteiger partial charge in [-0.15, -0.1) is 11.8 Å². The third kappa shape index (κ3) is 4.90. The van der Waals surface area contributed by atoms with Crippen molar-refractivity contribution in [1.82, 2.24) is 10.2 Å². The predicted molar refractivity (Wildman–Crippen MR) is 139 cm³/mol. The molecular formula is C28H23ClN2O4S. The van der Waals surface area contributed by atoms with E-state index in [-0.39, 0.29) is 29.0 Å². The SMILES string of the molecule is O=C(Cc1ccccc1)N[C@@H]1C(=O)N2C(C(=O)OC(c3ccccc3)c3ccccc3)=C(Cl)CS[C@@H]12. The van der Waals surface area contributed by atoms with Crippen LogP contribution in [0.2, 0.25) is 0 Å². The number of rotatable bonds is 7. The molecule has 2 aliphatic heterocycles. The zero-order valence-electron chi connectivity index (χ0n) is 19.2. The maximum Gasteiger partial charge on any atom is 0.357 e. The highest BCUT2D eigenvalue weighted by Crippen LogP contribution is 2.42. The Kier molecular flexibility index (Phi) is 7.11. The molecule has 0 aromatic heterocycles. The molecule has 0 radical (unpaired) electrons. The Hall–Kier alpha value is -3.55. The number of halogens is 1. The lowest BCUT2D eigenvalue weighted by Gasteiger charge is -2.49. The highest BCUT2D eigenvalue weighted by molar-refractivity contribution is 8.00. The molecule has 36 heavy (non-hydrogen) atoms. The number of benzene rings is 3. The van der Waals surface area contributed by atoms with Crippen molar-refractivity contribution in [3.8, 4) is 0 Å². The number of esters is 1. The van der Waals surface area contributed by atoms with E-state index < -0.39 is 23.5 Å². The highest BCUT2D eigenvalue weighted by atomic mass is 35.5. The average Bonchev–Trinajstić information content (AvgIpc) is 2.91. The Balaban J connectivity index is 1.32. The minimum Gasteiger partial charge on any atom is -0.448 e. The van der Waals surface area contributed by atoms with Gasteiger partial charge >= 0.3 is 5.97 Å². The zero-order valence-corrected chi connectivity index (χ0v) is 20.7. The van der Waals surface area contributed by atoms with E-state index >= 15 is 0 Å². The van der Waals surface area contributed by atoms with E-state index in [4.69, 9.17) is 16.3 Å². The molecule has 1 N–H and O–H groups in total. The average molecular weight is 519 g/mol. The van der Waals surface area contributed by atoms with Crippen molar-refractivity contribution in [3.05, 3.63) is 118 Å². The van der Waals surface area contributed by atoms with Crippen molar-refractivity contribution in [3.63, 3.8) is 0 Å². The molecule has 0 saturated carbocycles. The van der Waals surface area contributed by atoms with Crippen molar-refractivity contribution in [2.75, 3.05) is 5.75 Å². The number of hydrogen-bond acceptors (Lipinski definition) is 5. The molecule has 1 fully saturated rings. The predicted octanol–water partition coefficient (Wildman–Crippen LogP) is 4.41. The first-order valence-corrected chi connectivity index (χ1v) is 12.9. The van der Waals surface area contributed by atoms with Gasteiger partial charge < -0.3 is 10.1 Å². The molecule has 0 spiro atoms. The first-order valence-electron chi connectivity index (χ1n) is 11.5. The lowest BCUT2D eigenvalue weighted by atomic mass is 10.0. The van der Waals surface area contributed by atoms with E-state index in [1.165, 1.54) is 16.7 Å². The topological polar surface area (TPSA) is 75.7 Å². The summed E-state index contributed by atoms with van der Waals surface area (Å²) in [7, 11) is 0. The third-order valence-electron chi connectivity index (χ3n) is 6.07. The number of nitrogens with zero attached hydrogens (tertiary/aromatic N) is 1. The Morgan fingerprint density at radius 1 is 0.944 bits per heavy atom. The van der Waals surface area contributed by atoms with Crippen LogP contribution in [0.15, 0.2) is 102 Å². The summed E-state index contributed by atoms with van der Waals surface area (Å²) in [5, 5.41) is 2.64. The number of fused-ring (bicyclic) bond motifs is 1. The third-order valence-corrected chi connectivity index (χ3v) is 7.82. The number of β-lactam (4-membered cyclic amide) rings is 1. The van der Waals surface area contributed by atoms with Crippen LogP contribution in [0.5, 0.6) is 0 Å². The maximum atomic E-state index is 13.4. The molecule has 2 aliphatic rings. The Labute approximate surface area is 218 Å². The molecule has 2 amide bonds. The van der Waals surface area contributed by atoms with Crippen molar-refractivity contribution in [2.45, 2.75) is 23.9 Å². The fourth-order valence-electron chi connectivity index (χ4n) is 4.32. The second-order valence-corrected chi connectivity index (χ2v) is 10.0. The summed E-state index contributed by atoms with van der Waals surface area (Å²) in [6, 6.07) is 27.4. The number of amides is 2. The lowest BCUT2D eigenvalue weighted by Crippen LogP contribution is -2.70. The minimum absolute atomic E-state index is 0.0378. The molecule has 3 aromatic rings. The summed E-state index contributed by atoms with van der Waals surface area (Å²) >= 11 is 7.86. The Bertz CT molecular complexity index is 1260. The number of ether oxygens (including phenoxy) is 1. The molecule has 8 heteroatoms. The number of carbonyl (C=O) groups is 3. The van der Waals surface area contributed by atoms with Crippen molar-refractivity contribution in [1.29, 1.82) is 0 Å². The minimum atomic E-state index is -0.724. The molecule has 2 heterocycles. The van der Waals surface area contributed by atoms with E-state index in [1.54, 1.807) is 0 Å². The molecule has 6 nitrogen and oxygen atoms in total. The van der Waals surface area contributed by atoms with Crippen LogP contribution in [-0.2, 0) is 25.5 Å². The van der Waals surface area contributed by atoms with Gasteiger partial charge in [0.15, 0.2) is 6.10 Å². The normalized spacial score (nSPS) is 18.9. The highest BCUT2D eigenvalue weighted by Gasteiger charge is 2.54. The molecule has 0 unspecified atom stereocenters. The molecule has 0 bridgehead atoms. The van der Waals surface area contributed by atoms with Gasteiger partial charge in [0.1, 0.15) is 17.1 Å². The van der Waals surface area contributed by atoms with Gasteiger partial charge in [-0.1, -0.05) is 103 Å². The molecule has 182 valence electrons. The zero-order chi connectivity index (χ0) is 25.1.